The molecule has 4 aromatic rings. The van der Waals surface area contributed by atoms with Crippen molar-refractivity contribution in [3.8, 4) is 0 Å². The van der Waals surface area contributed by atoms with Gasteiger partial charge < -0.3 is 5.32 Å². The van der Waals surface area contributed by atoms with Crippen LogP contribution in [0.25, 0.3) is 10.2 Å². The predicted molar refractivity (Wildman–Crippen MR) is 128 cm³/mol. The maximum atomic E-state index is 12.6. The second-order valence-electron chi connectivity index (χ2n) is 8.00. The lowest BCUT2D eigenvalue weighted by Crippen LogP contribution is -2.40. The number of aryl methyl sites for hydroxylation is 1. The summed E-state index contributed by atoms with van der Waals surface area (Å²) in [5.74, 6) is 0.0730. The number of rotatable bonds is 7. The van der Waals surface area contributed by atoms with E-state index in [-0.39, 0.29) is 22.5 Å². The fraction of sp³-hybridized carbons (Fsp3) is 0.217. The van der Waals surface area contributed by atoms with Gasteiger partial charge in [-0.1, -0.05) is 23.5 Å². The Balaban J connectivity index is 1.27. The largest absolute Gasteiger partial charge is 0.361 e. The van der Waals surface area contributed by atoms with Crippen LogP contribution in [0.4, 0.5) is 10.8 Å². The summed E-state index contributed by atoms with van der Waals surface area (Å²) in [4.78, 5) is 25.2. The quantitative estimate of drug-likeness (QED) is 0.412. The molecule has 1 fully saturated rings. The molecule has 1 saturated carbocycles. The van der Waals surface area contributed by atoms with E-state index >= 15 is 0 Å². The van der Waals surface area contributed by atoms with Crippen molar-refractivity contribution in [2.45, 2.75) is 24.2 Å². The molecule has 0 aliphatic heterocycles. The third-order valence-corrected chi connectivity index (χ3v) is 8.18. The van der Waals surface area contributed by atoms with Gasteiger partial charge in [-0.3, -0.25) is 19.5 Å². The fourth-order valence-corrected chi connectivity index (χ4v) is 5.94. The summed E-state index contributed by atoms with van der Waals surface area (Å²) in [6.07, 6.45) is 7.08. The highest BCUT2D eigenvalue weighted by Gasteiger charge is 2.40. The first-order valence-corrected chi connectivity index (χ1v) is 12.7. The zero-order valence-corrected chi connectivity index (χ0v) is 19.4. The predicted octanol–water partition coefficient (Wildman–Crippen LogP) is 3.98. The van der Waals surface area contributed by atoms with Crippen molar-refractivity contribution in [1.29, 1.82) is 0 Å². The van der Waals surface area contributed by atoms with Crippen molar-refractivity contribution in [3.63, 3.8) is 0 Å². The molecule has 1 aromatic carbocycles. The van der Waals surface area contributed by atoms with Gasteiger partial charge in [-0.2, -0.15) is 0 Å². The third-order valence-electron chi connectivity index (χ3n) is 5.83. The number of fused-ring (bicyclic) bond motifs is 1. The minimum absolute atomic E-state index is 0.0488. The fourth-order valence-electron chi connectivity index (χ4n) is 3.96. The molecule has 2 atom stereocenters. The number of anilines is 2. The van der Waals surface area contributed by atoms with Crippen molar-refractivity contribution < 1.29 is 13.2 Å². The summed E-state index contributed by atoms with van der Waals surface area (Å²) in [7, 11) is -3.70. The van der Waals surface area contributed by atoms with Crippen molar-refractivity contribution in [2.75, 3.05) is 16.6 Å². The van der Waals surface area contributed by atoms with Gasteiger partial charge in [-0.05, 0) is 42.3 Å². The lowest BCUT2D eigenvalue weighted by molar-refractivity contribution is -0.130. The molecular formula is C23H21N5O3S2. The van der Waals surface area contributed by atoms with Gasteiger partial charge in [0.2, 0.25) is 0 Å². The number of pyridine rings is 2. The van der Waals surface area contributed by atoms with E-state index in [0.29, 0.717) is 18.7 Å². The Kier molecular flexibility index (Phi) is 5.55. The number of hydrogen-bond acceptors (Lipinski definition) is 8. The van der Waals surface area contributed by atoms with E-state index in [1.807, 2.05) is 6.92 Å². The number of thiazole rings is 1. The Hall–Kier alpha value is -3.37. The van der Waals surface area contributed by atoms with Crippen LogP contribution >= 0.6 is 11.3 Å². The van der Waals surface area contributed by atoms with Crippen molar-refractivity contribution in [1.82, 2.24) is 15.0 Å². The number of carbonyl (C=O) groups excluding carboxylic acids is 1. The molecule has 33 heavy (non-hydrogen) atoms. The van der Waals surface area contributed by atoms with Crippen molar-refractivity contribution in [3.05, 3.63) is 72.3 Å². The molecule has 10 heteroatoms. The lowest BCUT2D eigenvalue weighted by atomic mass is 9.69. The number of sulfonamides is 1. The molecule has 3 aromatic heterocycles. The summed E-state index contributed by atoms with van der Waals surface area (Å²) in [5, 5.41) is 4.07. The standard InChI is InChI=1S/C23H21N5O3S2/c1-14-11-25-13-21-22(14)27-23(32-21)26-12-19-18(10-20(19)29)15-2-4-17(5-3-15)33(30,31)28-16-6-8-24-9-7-16/h2-9,11,13,18-19H,10,12H2,1H3,(H,24,28)(H,26,27). The maximum Gasteiger partial charge on any atom is 0.261 e. The van der Waals surface area contributed by atoms with Gasteiger partial charge in [0.1, 0.15) is 5.78 Å². The first kappa shape index (κ1) is 21.5. The summed E-state index contributed by atoms with van der Waals surface area (Å²) in [5.41, 5.74) is 3.34. The van der Waals surface area contributed by atoms with E-state index in [1.165, 1.54) is 23.7 Å². The normalized spacial score (nSPS) is 18.2. The topological polar surface area (TPSA) is 114 Å². The SMILES string of the molecule is Cc1cncc2sc(NCC3C(=O)CC3c3ccc(S(=O)(=O)Nc4ccncc4)cc3)nc12. The molecule has 8 nitrogen and oxygen atoms in total. The molecule has 0 spiro atoms. The second kappa shape index (κ2) is 8.53. The first-order chi connectivity index (χ1) is 15.9. The summed E-state index contributed by atoms with van der Waals surface area (Å²) in [6.45, 7) is 2.46. The van der Waals surface area contributed by atoms with Crippen LogP contribution in [0, 0.1) is 12.8 Å². The third kappa shape index (κ3) is 4.31. The number of nitrogens with zero attached hydrogens (tertiary/aromatic N) is 3. The Morgan fingerprint density at radius 1 is 1.06 bits per heavy atom. The molecule has 0 amide bonds. The second-order valence-corrected chi connectivity index (χ2v) is 10.7. The van der Waals surface area contributed by atoms with Crippen LogP contribution in [0.15, 0.2) is 66.1 Å². The molecule has 0 radical (unpaired) electrons. The van der Waals surface area contributed by atoms with E-state index < -0.39 is 10.0 Å². The minimum atomic E-state index is -3.70. The van der Waals surface area contributed by atoms with Gasteiger partial charge in [-0.15, -0.1) is 0 Å². The van der Waals surface area contributed by atoms with E-state index in [9.17, 15) is 13.2 Å². The van der Waals surface area contributed by atoms with Crippen LogP contribution in [0.1, 0.15) is 23.5 Å². The molecule has 3 heterocycles. The van der Waals surface area contributed by atoms with Gasteiger partial charge in [-0.25, -0.2) is 13.4 Å². The number of ketones is 1. The Bertz CT molecular complexity index is 1420. The number of benzene rings is 1. The summed E-state index contributed by atoms with van der Waals surface area (Å²) < 4.78 is 28.8. The van der Waals surface area contributed by atoms with Crippen LogP contribution < -0.4 is 10.0 Å². The van der Waals surface area contributed by atoms with E-state index in [0.717, 1.165) is 26.5 Å². The average molecular weight is 480 g/mol. The van der Waals surface area contributed by atoms with Gasteiger partial charge in [0.25, 0.3) is 10.0 Å². The number of aromatic nitrogens is 3. The van der Waals surface area contributed by atoms with Crippen molar-refractivity contribution >= 4 is 48.2 Å². The number of carbonyl (C=O) groups is 1. The summed E-state index contributed by atoms with van der Waals surface area (Å²) in [6, 6.07) is 9.92. The molecule has 1 aliphatic rings. The molecule has 0 bridgehead atoms. The number of hydrogen-bond donors (Lipinski definition) is 2. The van der Waals surface area contributed by atoms with Crippen LogP contribution in [0.2, 0.25) is 0 Å². The van der Waals surface area contributed by atoms with Crippen LogP contribution in [-0.2, 0) is 14.8 Å². The molecule has 2 N–H and O–H groups in total. The Morgan fingerprint density at radius 3 is 2.52 bits per heavy atom. The zero-order chi connectivity index (χ0) is 23.0. The molecule has 168 valence electrons. The number of nitrogens with one attached hydrogen (secondary N) is 2. The molecule has 2 unspecified atom stereocenters. The molecule has 5 rings (SSSR count). The van der Waals surface area contributed by atoms with Gasteiger partial charge >= 0.3 is 0 Å². The Labute approximate surface area is 195 Å². The lowest BCUT2D eigenvalue weighted by Gasteiger charge is -2.35. The highest BCUT2D eigenvalue weighted by Crippen LogP contribution is 2.40. The van der Waals surface area contributed by atoms with E-state index in [4.69, 9.17) is 0 Å². The molecular weight excluding hydrogens is 458 g/mol. The molecule has 1 aliphatic carbocycles. The maximum absolute atomic E-state index is 12.6. The van der Waals surface area contributed by atoms with Crippen molar-refractivity contribution in [2.24, 2.45) is 5.92 Å². The highest BCUT2D eigenvalue weighted by molar-refractivity contribution is 7.92. The zero-order valence-electron chi connectivity index (χ0n) is 17.7. The Morgan fingerprint density at radius 2 is 1.82 bits per heavy atom. The van der Waals surface area contributed by atoms with E-state index in [1.54, 1.807) is 48.8 Å². The van der Waals surface area contributed by atoms with Gasteiger partial charge in [0, 0.05) is 49.6 Å². The summed E-state index contributed by atoms with van der Waals surface area (Å²) >= 11 is 1.52. The first-order valence-electron chi connectivity index (χ1n) is 10.4. The monoisotopic (exact) mass is 479 g/mol. The van der Waals surface area contributed by atoms with Crippen LogP contribution in [0.3, 0.4) is 0 Å². The van der Waals surface area contributed by atoms with Gasteiger partial charge in [0.05, 0.1) is 20.8 Å². The molecule has 0 saturated heterocycles. The minimum Gasteiger partial charge on any atom is -0.361 e. The van der Waals surface area contributed by atoms with Crippen LogP contribution in [0.5, 0.6) is 0 Å². The van der Waals surface area contributed by atoms with Gasteiger partial charge in [0.15, 0.2) is 5.13 Å². The average Bonchev–Trinajstić information content (AvgIpc) is 3.22. The number of Topliss-reactive ketones (excluding diaryl/α,β-unsaturated/α-hetero) is 1. The highest BCUT2D eigenvalue weighted by atomic mass is 32.2. The van der Waals surface area contributed by atoms with E-state index in [2.05, 4.69) is 25.0 Å². The smallest absolute Gasteiger partial charge is 0.261 e. The van der Waals surface area contributed by atoms with Crippen LogP contribution in [-0.4, -0.2) is 35.7 Å².